The van der Waals surface area contributed by atoms with E-state index < -0.39 is 17.7 Å². The number of aliphatic hydroxyl groups excluding tert-OH is 1. The Morgan fingerprint density at radius 1 is 1.26 bits per heavy atom. The van der Waals surface area contributed by atoms with E-state index in [1.807, 2.05) is 30.3 Å². The maximum atomic E-state index is 12.8. The number of carbonyl (C=O) groups excluding carboxylic acids is 2. The normalized spacial score (nSPS) is 17.1. The standard InChI is InChI=1S/C21H19N3O3/c1-2-17(25)18-19(15-11-23-16-8-4-3-7-14(15)16)24(21(27)20(18)26)12-13-6-5-9-22-10-13/h3-11,19,23,26H,2,12H2,1H3. The summed E-state index contributed by atoms with van der Waals surface area (Å²) in [7, 11) is 0. The molecule has 0 aliphatic carbocycles. The second kappa shape index (κ2) is 6.72. The molecule has 27 heavy (non-hydrogen) atoms. The van der Waals surface area contributed by atoms with Crippen LogP contribution in [0.15, 0.2) is 66.3 Å². The van der Waals surface area contributed by atoms with Crippen molar-refractivity contribution in [2.24, 2.45) is 0 Å². The summed E-state index contributed by atoms with van der Waals surface area (Å²) in [4.78, 5) is 34.2. The zero-order chi connectivity index (χ0) is 19.0. The summed E-state index contributed by atoms with van der Waals surface area (Å²) >= 11 is 0. The molecule has 4 rings (SSSR count). The van der Waals surface area contributed by atoms with Crippen LogP contribution in [-0.4, -0.2) is 31.7 Å². The Balaban J connectivity index is 1.85. The number of aliphatic hydroxyl groups is 1. The van der Waals surface area contributed by atoms with Gasteiger partial charge in [0.15, 0.2) is 11.5 Å². The van der Waals surface area contributed by atoms with Crippen LogP contribution in [0.5, 0.6) is 0 Å². The molecule has 0 fully saturated rings. The van der Waals surface area contributed by atoms with Crippen molar-refractivity contribution < 1.29 is 14.7 Å². The van der Waals surface area contributed by atoms with Gasteiger partial charge in [0.1, 0.15) is 0 Å². The molecule has 1 atom stereocenters. The van der Waals surface area contributed by atoms with Gasteiger partial charge in [0.05, 0.1) is 11.6 Å². The lowest BCUT2D eigenvalue weighted by Crippen LogP contribution is -2.30. The Hall–Kier alpha value is -3.41. The Morgan fingerprint density at radius 2 is 2.07 bits per heavy atom. The average Bonchev–Trinajstić information content (AvgIpc) is 3.22. The Morgan fingerprint density at radius 3 is 2.81 bits per heavy atom. The van der Waals surface area contributed by atoms with Gasteiger partial charge < -0.3 is 15.0 Å². The third kappa shape index (κ3) is 2.79. The van der Waals surface area contributed by atoms with E-state index in [1.165, 1.54) is 4.90 Å². The van der Waals surface area contributed by atoms with E-state index in [9.17, 15) is 14.7 Å². The third-order valence-electron chi connectivity index (χ3n) is 4.92. The first-order chi connectivity index (χ1) is 13.1. The van der Waals surface area contributed by atoms with Gasteiger partial charge in [-0.15, -0.1) is 0 Å². The minimum atomic E-state index is -0.638. The molecular weight excluding hydrogens is 342 g/mol. The summed E-state index contributed by atoms with van der Waals surface area (Å²) < 4.78 is 0. The topological polar surface area (TPSA) is 86.3 Å². The van der Waals surface area contributed by atoms with E-state index >= 15 is 0 Å². The number of rotatable bonds is 5. The van der Waals surface area contributed by atoms with E-state index in [0.29, 0.717) is 0 Å². The number of carbonyl (C=O) groups is 2. The summed E-state index contributed by atoms with van der Waals surface area (Å²) in [5, 5.41) is 11.4. The predicted molar refractivity (Wildman–Crippen MR) is 101 cm³/mol. The van der Waals surface area contributed by atoms with Crippen LogP contribution >= 0.6 is 0 Å². The number of H-pyrrole nitrogens is 1. The zero-order valence-corrected chi connectivity index (χ0v) is 14.8. The van der Waals surface area contributed by atoms with Crippen LogP contribution in [0.4, 0.5) is 0 Å². The fourth-order valence-electron chi connectivity index (χ4n) is 3.62. The Bertz CT molecular complexity index is 1050. The Labute approximate surface area is 156 Å². The van der Waals surface area contributed by atoms with Gasteiger partial charge in [0, 0.05) is 48.0 Å². The quantitative estimate of drug-likeness (QED) is 0.729. The fraction of sp³-hybridized carbons (Fsp3) is 0.190. The number of Topliss-reactive ketones (excluding diaryl/α,β-unsaturated/α-hetero) is 1. The summed E-state index contributed by atoms with van der Waals surface area (Å²) in [6.45, 7) is 1.98. The number of nitrogens with one attached hydrogen (secondary N) is 1. The first-order valence-corrected chi connectivity index (χ1v) is 8.84. The molecule has 0 bridgehead atoms. The molecule has 1 aliphatic heterocycles. The van der Waals surface area contributed by atoms with Gasteiger partial charge in [-0.25, -0.2) is 0 Å². The number of aromatic amines is 1. The molecule has 0 spiro atoms. The summed E-state index contributed by atoms with van der Waals surface area (Å²) in [5.41, 5.74) is 2.70. The highest BCUT2D eigenvalue weighted by Crippen LogP contribution is 2.41. The number of amides is 1. The van der Waals surface area contributed by atoms with Gasteiger partial charge >= 0.3 is 0 Å². The van der Waals surface area contributed by atoms with E-state index in [0.717, 1.165) is 22.0 Å². The van der Waals surface area contributed by atoms with Crippen LogP contribution in [0.3, 0.4) is 0 Å². The number of aromatic nitrogens is 2. The minimum Gasteiger partial charge on any atom is -0.503 e. The SMILES string of the molecule is CCC(=O)C1=C(O)C(=O)N(Cc2cccnc2)C1c1c[nH]c2ccccc12. The van der Waals surface area contributed by atoms with E-state index in [1.54, 1.807) is 31.6 Å². The van der Waals surface area contributed by atoms with Gasteiger partial charge in [-0.3, -0.25) is 14.6 Å². The van der Waals surface area contributed by atoms with Crippen LogP contribution < -0.4 is 0 Å². The van der Waals surface area contributed by atoms with Crippen molar-refractivity contribution in [1.29, 1.82) is 0 Å². The highest BCUT2D eigenvalue weighted by atomic mass is 16.3. The highest BCUT2D eigenvalue weighted by molar-refractivity contribution is 6.09. The molecule has 2 N–H and O–H groups in total. The molecule has 3 aromatic rings. The highest BCUT2D eigenvalue weighted by Gasteiger charge is 2.43. The number of hydrogen-bond donors (Lipinski definition) is 2. The zero-order valence-electron chi connectivity index (χ0n) is 14.8. The van der Waals surface area contributed by atoms with Crippen LogP contribution in [0.25, 0.3) is 10.9 Å². The molecule has 0 saturated heterocycles. The number of ketones is 1. The van der Waals surface area contributed by atoms with Crippen molar-refractivity contribution in [1.82, 2.24) is 14.9 Å². The van der Waals surface area contributed by atoms with Crippen LogP contribution in [-0.2, 0) is 16.1 Å². The molecule has 1 aromatic carbocycles. The molecule has 136 valence electrons. The van der Waals surface area contributed by atoms with Crippen LogP contribution in [0.2, 0.25) is 0 Å². The summed E-state index contributed by atoms with van der Waals surface area (Å²) in [6, 6.07) is 10.7. The molecule has 3 heterocycles. The third-order valence-corrected chi connectivity index (χ3v) is 4.92. The largest absolute Gasteiger partial charge is 0.503 e. The van der Waals surface area contributed by atoms with E-state index in [2.05, 4.69) is 9.97 Å². The number of benzene rings is 1. The van der Waals surface area contributed by atoms with Gasteiger partial charge in [-0.2, -0.15) is 0 Å². The lowest BCUT2D eigenvalue weighted by atomic mass is 9.94. The van der Waals surface area contributed by atoms with Crippen molar-refractivity contribution in [3.63, 3.8) is 0 Å². The molecule has 6 nitrogen and oxygen atoms in total. The van der Waals surface area contributed by atoms with Crippen molar-refractivity contribution >= 4 is 22.6 Å². The molecule has 6 heteroatoms. The second-order valence-corrected chi connectivity index (χ2v) is 6.53. The fourth-order valence-corrected chi connectivity index (χ4v) is 3.62. The molecule has 0 saturated carbocycles. The molecular formula is C21H19N3O3. The second-order valence-electron chi connectivity index (χ2n) is 6.53. The lowest BCUT2D eigenvalue weighted by molar-refractivity contribution is -0.130. The van der Waals surface area contributed by atoms with Crippen molar-refractivity contribution in [3.8, 4) is 0 Å². The van der Waals surface area contributed by atoms with Crippen molar-refractivity contribution in [3.05, 3.63) is 77.4 Å². The van der Waals surface area contributed by atoms with Crippen LogP contribution in [0.1, 0.15) is 30.5 Å². The number of fused-ring (bicyclic) bond motifs is 1. The average molecular weight is 361 g/mol. The summed E-state index contributed by atoms with van der Waals surface area (Å²) in [5.74, 6) is -1.23. The van der Waals surface area contributed by atoms with E-state index in [4.69, 9.17) is 0 Å². The monoisotopic (exact) mass is 361 g/mol. The molecule has 1 aliphatic rings. The van der Waals surface area contributed by atoms with Gasteiger partial charge in [-0.05, 0) is 17.7 Å². The molecule has 0 radical (unpaired) electrons. The molecule has 2 aromatic heterocycles. The van der Waals surface area contributed by atoms with Gasteiger partial charge in [0.25, 0.3) is 5.91 Å². The number of pyridine rings is 1. The lowest BCUT2D eigenvalue weighted by Gasteiger charge is -2.26. The van der Waals surface area contributed by atoms with Gasteiger partial charge in [-0.1, -0.05) is 31.2 Å². The summed E-state index contributed by atoms with van der Waals surface area (Å²) in [6.07, 6.45) is 5.36. The van der Waals surface area contributed by atoms with Gasteiger partial charge in [0.2, 0.25) is 0 Å². The predicted octanol–water partition coefficient (Wildman–Crippen LogP) is 3.44. The molecule has 1 amide bonds. The Kier molecular flexibility index (Phi) is 4.24. The number of para-hydroxylation sites is 1. The smallest absolute Gasteiger partial charge is 0.290 e. The molecule has 1 unspecified atom stereocenters. The maximum absolute atomic E-state index is 12.8. The maximum Gasteiger partial charge on any atom is 0.290 e. The van der Waals surface area contributed by atoms with Crippen molar-refractivity contribution in [2.75, 3.05) is 0 Å². The van der Waals surface area contributed by atoms with Crippen molar-refractivity contribution in [2.45, 2.75) is 25.9 Å². The first kappa shape index (κ1) is 17.0. The minimum absolute atomic E-state index is 0.163. The van der Waals surface area contributed by atoms with E-state index in [-0.39, 0.29) is 24.3 Å². The number of hydrogen-bond acceptors (Lipinski definition) is 4. The first-order valence-electron chi connectivity index (χ1n) is 8.84. The van der Waals surface area contributed by atoms with Crippen LogP contribution in [0, 0.1) is 0 Å². The number of nitrogens with zero attached hydrogens (tertiary/aromatic N) is 2.